The fourth-order valence-corrected chi connectivity index (χ4v) is 1.47. The zero-order valence-corrected chi connectivity index (χ0v) is 10.3. The number of aromatic nitrogens is 1. The van der Waals surface area contributed by atoms with E-state index < -0.39 is 12.0 Å². The lowest BCUT2D eigenvalue weighted by molar-refractivity contribution is -0.139. The number of aliphatic carboxylic acids is 1. The van der Waals surface area contributed by atoms with Gasteiger partial charge in [-0.05, 0) is 31.2 Å². The van der Waals surface area contributed by atoms with Crippen molar-refractivity contribution < 1.29 is 18.7 Å². The van der Waals surface area contributed by atoms with E-state index in [9.17, 15) is 9.18 Å². The van der Waals surface area contributed by atoms with Crippen molar-refractivity contribution >= 4 is 5.97 Å². The van der Waals surface area contributed by atoms with Crippen LogP contribution in [0.1, 0.15) is 12.8 Å². The molecule has 0 spiro atoms. The molecule has 2 aromatic rings. The van der Waals surface area contributed by atoms with Gasteiger partial charge >= 0.3 is 5.97 Å². The van der Waals surface area contributed by atoms with Gasteiger partial charge < -0.3 is 9.52 Å². The Balaban J connectivity index is 2.03. The van der Waals surface area contributed by atoms with Crippen molar-refractivity contribution in [1.29, 1.82) is 0 Å². The molecule has 2 N–H and O–H groups in total. The molecule has 2 rings (SSSR count). The van der Waals surface area contributed by atoms with Crippen LogP contribution in [0.15, 0.2) is 34.9 Å². The minimum Gasteiger partial charge on any atom is -0.480 e. The molecule has 0 bridgehead atoms. The second kappa shape index (κ2) is 5.62. The Bertz CT molecular complexity index is 566. The Kier molecular flexibility index (Phi) is 3.91. The monoisotopic (exact) mass is 264 g/mol. The molecule has 0 aliphatic heterocycles. The van der Waals surface area contributed by atoms with E-state index in [-0.39, 0.29) is 12.4 Å². The second-order valence-electron chi connectivity index (χ2n) is 4.07. The van der Waals surface area contributed by atoms with Gasteiger partial charge in [-0.25, -0.2) is 9.37 Å². The van der Waals surface area contributed by atoms with Gasteiger partial charge in [-0.3, -0.25) is 10.1 Å². The Hall–Kier alpha value is -2.21. The summed E-state index contributed by atoms with van der Waals surface area (Å²) in [5.74, 6) is -0.363. The Morgan fingerprint density at radius 2 is 2.16 bits per heavy atom. The predicted octanol–water partition coefficient (Wildman–Crippen LogP) is 2.04. The first-order valence-electron chi connectivity index (χ1n) is 5.73. The molecule has 0 aliphatic carbocycles. The Morgan fingerprint density at radius 3 is 2.79 bits per heavy atom. The Morgan fingerprint density at radius 1 is 1.47 bits per heavy atom. The van der Waals surface area contributed by atoms with Crippen LogP contribution in [0.25, 0.3) is 11.3 Å². The maximum absolute atomic E-state index is 12.8. The van der Waals surface area contributed by atoms with Gasteiger partial charge in [-0.1, -0.05) is 0 Å². The molecule has 5 nitrogen and oxygen atoms in total. The number of carboxylic acids is 1. The summed E-state index contributed by atoms with van der Waals surface area (Å²) in [5, 5.41) is 11.5. The lowest BCUT2D eigenvalue weighted by Crippen LogP contribution is -2.33. The number of nitrogens with one attached hydrogen (secondary N) is 1. The third kappa shape index (κ3) is 3.38. The number of nitrogens with zero attached hydrogens (tertiary/aromatic N) is 1. The lowest BCUT2D eigenvalue weighted by atomic mass is 10.2. The van der Waals surface area contributed by atoms with Crippen LogP contribution < -0.4 is 5.32 Å². The van der Waals surface area contributed by atoms with Gasteiger partial charge in [-0.2, -0.15) is 0 Å². The molecule has 1 unspecified atom stereocenters. The highest BCUT2D eigenvalue weighted by Crippen LogP contribution is 2.20. The van der Waals surface area contributed by atoms with E-state index in [0.717, 1.165) is 0 Å². The topological polar surface area (TPSA) is 75.4 Å². The number of carboxylic acid groups (broad SMARTS) is 1. The maximum Gasteiger partial charge on any atom is 0.320 e. The SMILES string of the molecule is CC(NCc1ncc(-c2ccc(F)cc2)o1)C(=O)O. The number of oxazole rings is 1. The second-order valence-corrected chi connectivity index (χ2v) is 4.07. The fraction of sp³-hybridized carbons (Fsp3) is 0.231. The molecule has 0 saturated carbocycles. The van der Waals surface area contributed by atoms with Gasteiger partial charge in [0.1, 0.15) is 11.9 Å². The van der Waals surface area contributed by atoms with Crippen LogP contribution >= 0.6 is 0 Å². The fourth-order valence-electron chi connectivity index (χ4n) is 1.47. The van der Waals surface area contributed by atoms with E-state index in [1.54, 1.807) is 12.1 Å². The molecule has 0 saturated heterocycles. The van der Waals surface area contributed by atoms with Crippen LogP contribution in [0.3, 0.4) is 0 Å². The average molecular weight is 264 g/mol. The van der Waals surface area contributed by atoms with Crippen molar-refractivity contribution in [3.05, 3.63) is 42.2 Å². The first-order chi connectivity index (χ1) is 9.06. The van der Waals surface area contributed by atoms with E-state index in [0.29, 0.717) is 17.2 Å². The quantitative estimate of drug-likeness (QED) is 0.864. The number of halogens is 1. The normalized spacial score (nSPS) is 12.3. The van der Waals surface area contributed by atoms with Crippen LogP contribution in [0.4, 0.5) is 4.39 Å². The van der Waals surface area contributed by atoms with Crippen LogP contribution in [-0.2, 0) is 11.3 Å². The highest BCUT2D eigenvalue weighted by atomic mass is 19.1. The molecule has 0 radical (unpaired) electrons. The number of benzene rings is 1. The van der Waals surface area contributed by atoms with E-state index in [2.05, 4.69) is 10.3 Å². The number of carbonyl (C=O) groups is 1. The summed E-state index contributed by atoms with van der Waals surface area (Å²) < 4.78 is 18.2. The Labute approximate surface area is 109 Å². The van der Waals surface area contributed by atoms with Crippen molar-refractivity contribution in [2.45, 2.75) is 19.5 Å². The van der Waals surface area contributed by atoms with Gasteiger partial charge in [0.05, 0.1) is 12.7 Å². The molecule has 1 heterocycles. The molecule has 0 amide bonds. The van der Waals surface area contributed by atoms with E-state index >= 15 is 0 Å². The van der Waals surface area contributed by atoms with Crippen LogP contribution in [0.5, 0.6) is 0 Å². The predicted molar refractivity (Wildman–Crippen MR) is 65.8 cm³/mol. The highest BCUT2D eigenvalue weighted by Gasteiger charge is 2.12. The summed E-state index contributed by atoms with van der Waals surface area (Å²) in [6.07, 6.45) is 1.52. The smallest absolute Gasteiger partial charge is 0.320 e. The van der Waals surface area contributed by atoms with E-state index in [1.165, 1.54) is 25.3 Å². The molecule has 0 fully saturated rings. The molecule has 1 aromatic heterocycles. The summed E-state index contributed by atoms with van der Waals surface area (Å²) >= 11 is 0. The van der Waals surface area contributed by atoms with E-state index in [1.807, 2.05) is 0 Å². The summed E-state index contributed by atoms with van der Waals surface area (Å²) in [6, 6.07) is 5.17. The number of hydrogen-bond donors (Lipinski definition) is 2. The minimum atomic E-state index is -0.940. The van der Waals surface area contributed by atoms with Gasteiger partial charge in [0.25, 0.3) is 0 Å². The third-order valence-electron chi connectivity index (χ3n) is 2.61. The summed E-state index contributed by atoms with van der Waals surface area (Å²) in [7, 11) is 0. The largest absolute Gasteiger partial charge is 0.480 e. The summed E-state index contributed by atoms with van der Waals surface area (Å²) in [5.41, 5.74) is 0.714. The summed E-state index contributed by atoms with van der Waals surface area (Å²) in [6.45, 7) is 1.75. The third-order valence-corrected chi connectivity index (χ3v) is 2.61. The van der Waals surface area contributed by atoms with Gasteiger partial charge in [0.15, 0.2) is 5.76 Å². The molecule has 1 atom stereocenters. The zero-order chi connectivity index (χ0) is 13.8. The maximum atomic E-state index is 12.8. The standard InChI is InChI=1S/C13H13FN2O3/c1-8(13(17)18)15-7-12-16-6-11(19-12)9-2-4-10(14)5-3-9/h2-6,8,15H,7H2,1H3,(H,17,18). The van der Waals surface area contributed by atoms with Gasteiger partial charge in [-0.15, -0.1) is 0 Å². The van der Waals surface area contributed by atoms with Crippen molar-refractivity contribution in [2.75, 3.05) is 0 Å². The number of hydrogen-bond acceptors (Lipinski definition) is 4. The van der Waals surface area contributed by atoms with Crippen molar-refractivity contribution in [2.24, 2.45) is 0 Å². The van der Waals surface area contributed by atoms with Gasteiger partial charge in [0, 0.05) is 5.56 Å². The van der Waals surface area contributed by atoms with Crippen LogP contribution in [0, 0.1) is 5.82 Å². The minimum absolute atomic E-state index is 0.217. The molecule has 1 aromatic carbocycles. The van der Waals surface area contributed by atoms with Crippen molar-refractivity contribution in [3.8, 4) is 11.3 Å². The summed E-state index contributed by atoms with van der Waals surface area (Å²) in [4.78, 5) is 14.7. The first-order valence-corrected chi connectivity index (χ1v) is 5.73. The average Bonchev–Trinajstić information content (AvgIpc) is 2.85. The van der Waals surface area contributed by atoms with Crippen molar-refractivity contribution in [1.82, 2.24) is 10.3 Å². The van der Waals surface area contributed by atoms with Crippen LogP contribution in [0.2, 0.25) is 0 Å². The zero-order valence-electron chi connectivity index (χ0n) is 10.3. The molecular formula is C13H13FN2O3. The van der Waals surface area contributed by atoms with Gasteiger partial charge in [0.2, 0.25) is 5.89 Å². The lowest BCUT2D eigenvalue weighted by Gasteiger charge is -2.05. The first kappa shape index (κ1) is 13.2. The van der Waals surface area contributed by atoms with Crippen LogP contribution in [-0.4, -0.2) is 22.1 Å². The van der Waals surface area contributed by atoms with E-state index in [4.69, 9.17) is 9.52 Å². The van der Waals surface area contributed by atoms with Crippen molar-refractivity contribution in [3.63, 3.8) is 0 Å². The highest BCUT2D eigenvalue weighted by molar-refractivity contribution is 5.72. The molecule has 0 aliphatic rings. The molecule has 19 heavy (non-hydrogen) atoms. The molecule has 100 valence electrons. The molecular weight excluding hydrogens is 251 g/mol. The molecule has 6 heteroatoms. The number of rotatable bonds is 5.